The van der Waals surface area contributed by atoms with Crippen molar-refractivity contribution in [3.63, 3.8) is 0 Å². The van der Waals surface area contributed by atoms with E-state index in [4.69, 9.17) is 11.6 Å². The van der Waals surface area contributed by atoms with Crippen molar-refractivity contribution < 1.29 is 0 Å². The van der Waals surface area contributed by atoms with Crippen LogP contribution in [0.25, 0.3) is 0 Å². The summed E-state index contributed by atoms with van der Waals surface area (Å²) in [5.41, 5.74) is 5.14. The average molecular weight is 399 g/mol. The maximum atomic E-state index is 6.67. The number of halogens is 2. The molecule has 2 aromatic carbocycles. The lowest BCUT2D eigenvalue weighted by Gasteiger charge is -2.20. The molecule has 0 radical (unpaired) electrons. The van der Waals surface area contributed by atoms with Crippen molar-refractivity contribution >= 4 is 34.2 Å². The summed E-state index contributed by atoms with van der Waals surface area (Å²) >= 11 is 9.05. The lowest BCUT2D eigenvalue weighted by molar-refractivity contribution is 0.590. The molecule has 2 aromatic rings. The Morgan fingerprint density at radius 3 is 2.15 bits per heavy atom. The molecule has 0 spiro atoms. The fraction of sp³-hybridized carbons (Fsp3) is 0.333. The van der Waals surface area contributed by atoms with Crippen LogP contribution in [-0.2, 0) is 5.41 Å². The molecule has 0 nitrogen and oxygen atoms in total. The van der Waals surface area contributed by atoms with Crippen molar-refractivity contribution in [2.24, 2.45) is 0 Å². The second kappa shape index (κ2) is 6.07. The molecule has 0 amide bonds. The van der Waals surface area contributed by atoms with Gasteiger partial charge in [-0.1, -0.05) is 63.2 Å². The van der Waals surface area contributed by atoms with Gasteiger partial charge in [-0.15, -0.1) is 11.6 Å². The van der Waals surface area contributed by atoms with Gasteiger partial charge >= 0.3 is 0 Å². The third kappa shape index (κ3) is 3.37. The van der Waals surface area contributed by atoms with Crippen LogP contribution in [0.5, 0.6) is 0 Å². The zero-order valence-corrected chi connectivity index (χ0v) is 15.3. The van der Waals surface area contributed by atoms with Crippen LogP contribution in [0.4, 0.5) is 0 Å². The minimum absolute atomic E-state index is 0.0872. The number of alkyl halides is 1. The largest absolute Gasteiger partial charge is 0.113 e. The molecule has 0 aliphatic rings. The van der Waals surface area contributed by atoms with E-state index < -0.39 is 0 Å². The van der Waals surface area contributed by atoms with Gasteiger partial charge in [0.25, 0.3) is 0 Å². The smallest absolute Gasteiger partial charge is 0.0845 e. The molecular formula is C18H20ClI. The van der Waals surface area contributed by atoms with Crippen LogP contribution < -0.4 is 0 Å². The number of hydrogen-bond donors (Lipinski definition) is 0. The van der Waals surface area contributed by atoms with E-state index in [0.29, 0.717) is 0 Å². The number of hydrogen-bond acceptors (Lipinski definition) is 0. The number of rotatable bonds is 2. The standard InChI is InChI=1S/C18H20ClI/c1-12-6-5-7-15(17(12)20)16(19)13-8-10-14(11-9-13)18(2,3)4/h5-11,16H,1-4H3. The first kappa shape index (κ1) is 15.8. The van der Waals surface area contributed by atoms with Gasteiger partial charge in [-0.2, -0.15) is 0 Å². The molecule has 20 heavy (non-hydrogen) atoms. The van der Waals surface area contributed by atoms with Crippen LogP contribution in [0.3, 0.4) is 0 Å². The fourth-order valence-corrected chi connectivity index (χ4v) is 3.38. The van der Waals surface area contributed by atoms with Gasteiger partial charge in [0.15, 0.2) is 0 Å². The molecule has 0 heterocycles. The minimum Gasteiger partial charge on any atom is -0.113 e. The maximum absolute atomic E-state index is 6.67. The highest BCUT2D eigenvalue weighted by atomic mass is 127. The summed E-state index contributed by atoms with van der Waals surface area (Å²) in [4.78, 5) is 0. The van der Waals surface area contributed by atoms with E-state index >= 15 is 0 Å². The van der Waals surface area contributed by atoms with E-state index in [1.807, 2.05) is 0 Å². The van der Waals surface area contributed by atoms with E-state index in [1.165, 1.54) is 20.3 Å². The van der Waals surface area contributed by atoms with E-state index in [0.717, 1.165) is 5.56 Å². The summed E-state index contributed by atoms with van der Waals surface area (Å²) in [6.07, 6.45) is 0. The molecule has 1 unspecified atom stereocenters. The van der Waals surface area contributed by atoms with Crippen LogP contribution in [0.2, 0.25) is 0 Å². The lowest BCUT2D eigenvalue weighted by atomic mass is 9.86. The second-order valence-corrected chi connectivity index (χ2v) is 7.73. The van der Waals surface area contributed by atoms with Gasteiger partial charge in [-0.05, 0) is 57.2 Å². The molecule has 0 aliphatic heterocycles. The van der Waals surface area contributed by atoms with E-state index in [9.17, 15) is 0 Å². The first-order valence-corrected chi connectivity index (χ1v) is 8.32. The minimum atomic E-state index is -0.0872. The second-order valence-electron chi connectivity index (χ2n) is 6.21. The van der Waals surface area contributed by atoms with Crippen LogP contribution >= 0.6 is 34.2 Å². The molecule has 106 valence electrons. The van der Waals surface area contributed by atoms with Crippen LogP contribution in [-0.4, -0.2) is 0 Å². The first-order valence-electron chi connectivity index (χ1n) is 6.80. The molecule has 2 heteroatoms. The molecule has 0 fully saturated rings. The summed E-state index contributed by atoms with van der Waals surface area (Å²) < 4.78 is 1.25. The van der Waals surface area contributed by atoms with Crippen LogP contribution in [0.1, 0.15) is 48.4 Å². The van der Waals surface area contributed by atoms with Crippen molar-refractivity contribution in [3.05, 3.63) is 68.3 Å². The van der Waals surface area contributed by atoms with Crippen LogP contribution in [0, 0.1) is 10.5 Å². The van der Waals surface area contributed by atoms with Crippen molar-refractivity contribution in [2.45, 2.75) is 38.5 Å². The van der Waals surface area contributed by atoms with Gasteiger partial charge in [0, 0.05) is 3.57 Å². The first-order chi connectivity index (χ1) is 9.30. The summed E-state index contributed by atoms with van der Waals surface area (Å²) in [7, 11) is 0. The topological polar surface area (TPSA) is 0 Å². The van der Waals surface area contributed by atoms with Crippen molar-refractivity contribution in [3.8, 4) is 0 Å². The molecule has 0 bridgehead atoms. The molecule has 0 saturated carbocycles. The normalized spacial score (nSPS) is 13.3. The molecule has 2 rings (SSSR count). The number of benzene rings is 2. The average Bonchev–Trinajstić information content (AvgIpc) is 2.40. The quantitative estimate of drug-likeness (QED) is 0.416. The summed E-state index contributed by atoms with van der Waals surface area (Å²) in [6, 6.07) is 15.0. The Morgan fingerprint density at radius 2 is 1.60 bits per heavy atom. The van der Waals surface area contributed by atoms with Crippen molar-refractivity contribution in [2.75, 3.05) is 0 Å². The Labute approximate surface area is 140 Å². The summed E-state index contributed by atoms with van der Waals surface area (Å²) in [6.45, 7) is 8.80. The zero-order chi connectivity index (χ0) is 14.9. The Kier molecular flexibility index (Phi) is 4.80. The Hall–Kier alpha value is -0.540. The Bertz CT molecular complexity index is 594. The van der Waals surface area contributed by atoms with Gasteiger partial charge in [0.2, 0.25) is 0 Å². The monoisotopic (exact) mass is 398 g/mol. The molecule has 0 saturated heterocycles. The molecule has 0 aromatic heterocycles. The van der Waals surface area contributed by atoms with Gasteiger partial charge in [0.05, 0.1) is 5.38 Å². The molecule has 1 atom stereocenters. The van der Waals surface area contributed by atoms with E-state index in [-0.39, 0.29) is 10.8 Å². The van der Waals surface area contributed by atoms with Gasteiger partial charge in [0.1, 0.15) is 0 Å². The molecular weight excluding hydrogens is 379 g/mol. The highest BCUT2D eigenvalue weighted by molar-refractivity contribution is 14.1. The van der Waals surface area contributed by atoms with Gasteiger partial charge < -0.3 is 0 Å². The Morgan fingerprint density at radius 1 is 1.00 bits per heavy atom. The maximum Gasteiger partial charge on any atom is 0.0845 e. The highest BCUT2D eigenvalue weighted by Crippen LogP contribution is 2.34. The predicted octanol–water partition coefficient (Wildman–Crippen LogP) is 6.23. The predicted molar refractivity (Wildman–Crippen MR) is 96.7 cm³/mol. The highest BCUT2D eigenvalue weighted by Gasteiger charge is 2.17. The Balaban J connectivity index is 2.34. The zero-order valence-electron chi connectivity index (χ0n) is 12.4. The number of aryl methyl sites for hydroxylation is 1. The lowest BCUT2D eigenvalue weighted by Crippen LogP contribution is -2.11. The SMILES string of the molecule is Cc1cccc(C(Cl)c2ccc(C(C)(C)C)cc2)c1I. The fourth-order valence-electron chi connectivity index (χ4n) is 2.20. The summed E-state index contributed by atoms with van der Waals surface area (Å²) in [5.74, 6) is 0. The van der Waals surface area contributed by atoms with Crippen molar-refractivity contribution in [1.29, 1.82) is 0 Å². The summed E-state index contributed by atoms with van der Waals surface area (Å²) in [5, 5.41) is -0.0872. The van der Waals surface area contributed by atoms with Crippen LogP contribution in [0.15, 0.2) is 42.5 Å². The third-order valence-corrected chi connectivity index (χ3v) is 5.52. The van der Waals surface area contributed by atoms with E-state index in [2.05, 4.69) is 92.8 Å². The third-order valence-electron chi connectivity index (χ3n) is 3.56. The van der Waals surface area contributed by atoms with Gasteiger partial charge in [-0.3, -0.25) is 0 Å². The van der Waals surface area contributed by atoms with Gasteiger partial charge in [-0.25, -0.2) is 0 Å². The molecule has 0 N–H and O–H groups in total. The van der Waals surface area contributed by atoms with E-state index in [1.54, 1.807) is 0 Å². The van der Waals surface area contributed by atoms with Crippen molar-refractivity contribution in [1.82, 2.24) is 0 Å². The molecule has 0 aliphatic carbocycles.